The first-order chi connectivity index (χ1) is 5.16. The molecular weight excluding hydrogens is 204 g/mol. The normalized spacial score (nSPS) is 9.82. The third-order valence-electron chi connectivity index (χ3n) is 1.23. The molecule has 1 aromatic rings. The van der Waals surface area contributed by atoms with Crippen molar-refractivity contribution < 1.29 is 0 Å². The van der Waals surface area contributed by atoms with Gasteiger partial charge in [-0.1, -0.05) is 34.8 Å². The van der Waals surface area contributed by atoms with Crippen LogP contribution in [0.4, 0.5) is 5.69 Å². The van der Waals surface area contributed by atoms with E-state index in [1.165, 1.54) is 0 Å². The van der Waals surface area contributed by atoms with Crippen molar-refractivity contribution in [3.8, 4) is 0 Å². The Morgan fingerprint density at radius 2 is 1.73 bits per heavy atom. The van der Waals surface area contributed by atoms with Gasteiger partial charge in [0.1, 0.15) is 0 Å². The van der Waals surface area contributed by atoms with Gasteiger partial charge in [-0.15, -0.1) is 0 Å². The van der Waals surface area contributed by atoms with Crippen molar-refractivity contribution in [1.82, 2.24) is 0 Å². The minimum absolute atomic E-state index is 0.349. The third kappa shape index (κ3) is 1.73. The van der Waals surface area contributed by atoms with Gasteiger partial charge in [0.25, 0.3) is 0 Å². The zero-order chi connectivity index (χ0) is 8.43. The lowest BCUT2D eigenvalue weighted by atomic mass is 10.3. The van der Waals surface area contributed by atoms with Crippen LogP contribution < -0.4 is 5.32 Å². The molecule has 0 bridgehead atoms. The average molecular weight is 209 g/mol. The molecule has 11 heavy (non-hydrogen) atoms. The van der Waals surface area contributed by atoms with Gasteiger partial charge in [0.15, 0.2) is 0 Å². The Morgan fingerprint density at radius 1 is 1.09 bits per heavy atom. The number of rotatable bonds is 1. The Balaban J connectivity index is 3.25. The third-order valence-corrected chi connectivity index (χ3v) is 2.52. The summed E-state index contributed by atoms with van der Waals surface area (Å²) < 4.78 is 0. The van der Waals surface area contributed by atoms with E-state index in [1.54, 1.807) is 12.1 Å². The molecule has 0 aliphatic heterocycles. The van der Waals surface area contributed by atoms with Crippen LogP contribution in [0, 0.1) is 7.05 Å². The van der Waals surface area contributed by atoms with Crippen molar-refractivity contribution in [2.75, 3.05) is 5.32 Å². The molecule has 0 heterocycles. The molecule has 0 atom stereocenters. The van der Waals surface area contributed by atoms with Crippen molar-refractivity contribution in [2.45, 2.75) is 0 Å². The van der Waals surface area contributed by atoms with Crippen molar-refractivity contribution in [1.29, 1.82) is 0 Å². The first kappa shape index (κ1) is 8.98. The minimum atomic E-state index is 0.349. The van der Waals surface area contributed by atoms with Crippen LogP contribution in [-0.2, 0) is 0 Å². The van der Waals surface area contributed by atoms with Gasteiger partial charge in [0.05, 0.1) is 20.8 Å². The van der Waals surface area contributed by atoms with Gasteiger partial charge in [0.2, 0.25) is 0 Å². The summed E-state index contributed by atoms with van der Waals surface area (Å²) in [6.07, 6.45) is 0. The zero-order valence-electron chi connectivity index (χ0n) is 5.50. The molecule has 1 N–H and O–H groups in total. The van der Waals surface area contributed by atoms with Crippen molar-refractivity contribution in [3.63, 3.8) is 0 Å². The van der Waals surface area contributed by atoms with Crippen LogP contribution in [0.2, 0.25) is 15.1 Å². The highest BCUT2D eigenvalue weighted by Gasteiger charge is 2.06. The molecule has 0 unspecified atom stereocenters. The van der Waals surface area contributed by atoms with Crippen LogP contribution >= 0.6 is 34.8 Å². The summed E-state index contributed by atoms with van der Waals surface area (Å²) in [4.78, 5) is 0. The Morgan fingerprint density at radius 3 is 2.27 bits per heavy atom. The first-order valence-electron chi connectivity index (χ1n) is 2.83. The molecule has 59 valence electrons. The highest BCUT2D eigenvalue weighted by Crippen LogP contribution is 2.35. The summed E-state index contributed by atoms with van der Waals surface area (Å²) in [6, 6.07) is 3.37. The predicted molar refractivity (Wildman–Crippen MR) is 50.5 cm³/mol. The zero-order valence-corrected chi connectivity index (χ0v) is 7.76. The fraction of sp³-hybridized carbons (Fsp3) is 0. The molecule has 0 amide bonds. The molecule has 1 aromatic carbocycles. The van der Waals surface area contributed by atoms with Gasteiger partial charge in [-0.3, -0.25) is 0 Å². The molecule has 1 nitrogen and oxygen atoms in total. The van der Waals surface area contributed by atoms with E-state index in [2.05, 4.69) is 12.4 Å². The van der Waals surface area contributed by atoms with Crippen molar-refractivity contribution in [3.05, 3.63) is 34.2 Å². The van der Waals surface area contributed by atoms with E-state index >= 15 is 0 Å². The van der Waals surface area contributed by atoms with Crippen LogP contribution in [0.15, 0.2) is 12.1 Å². The summed E-state index contributed by atoms with van der Waals surface area (Å²) in [5.41, 5.74) is 0.668. The summed E-state index contributed by atoms with van der Waals surface area (Å²) in [5, 5.41) is 3.83. The maximum atomic E-state index is 5.78. The maximum absolute atomic E-state index is 5.78. The fourth-order valence-electron chi connectivity index (χ4n) is 0.662. The monoisotopic (exact) mass is 208 g/mol. The first-order valence-corrected chi connectivity index (χ1v) is 3.97. The minimum Gasteiger partial charge on any atom is -0.382 e. The Kier molecular flexibility index (Phi) is 2.88. The van der Waals surface area contributed by atoms with E-state index in [0.29, 0.717) is 20.8 Å². The van der Waals surface area contributed by atoms with Gasteiger partial charge < -0.3 is 5.32 Å². The highest BCUT2D eigenvalue weighted by atomic mass is 35.5. The molecular formula is C7H5Cl3N. The quantitative estimate of drug-likeness (QED) is 0.693. The second kappa shape index (κ2) is 3.53. The lowest BCUT2D eigenvalue weighted by Crippen LogP contribution is -1.86. The number of hydrogen-bond donors (Lipinski definition) is 1. The van der Waals surface area contributed by atoms with E-state index in [4.69, 9.17) is 34.8 Å². The van der Waals surface area contributed by atoms with Gasteiger partial charge in [0, 0.05) is 7.05 Å². The lowest BCUT2D eigenvalue weighted by molar-refractivity contribution is 1.59. The number of benzene rings is 1. The van der Waals surface area contributed by atoms with Crippen LogP contribution in [0.1, 0.15) is 0 Å². The maximum Gasteiger partial charge on any atom is 0.0838 e. The van der Waals surface area contributed by atoms with Crippen LogP contribution in [0.3, 0.4) is 0 Å². The smallest absolute Gasteiger partial charge is 0.0838 e. The van der Waals surface area contributed by atoms with E-state index < -0.39 is 0 Å². The molecule has 0 saturated carbocycles. The summed E-state index contributed by atoms with van der Waals surface area (Å²) >= 11 is 17.2. The van der Waals surface area contributed by atoms with E-state index in [1.807, 2.05) is 0 Å². The van der Waals surface area contributed by atoms with Crippen LogP contribution in [0.5, 0.6) is 0 Å². The highest BCUT2D eigenvalue weighted by molar-refractivity contribution is 6.49. The van der Waals surface area contributed by atoms with Crippen molar-refractivity contribution >= 4 is 40.5 Å². The van der Waals surface area contributed by atoms with E-state index in [9.17, 15) is 0 Å². The Bertz CT molecular complexity index is 273. The molecule has 1 radical (unpaired) electrons. The summed E-state index contributed by atoms with van der Waals surface area (Å²) in [7, 11) is 3.45. The largest absolute Gasteiger partial charge is 0.382 e. The van der Waals surface area contributed by atoms with E-state index in [0.717, 1.165) is 0 Å². The SMILES string of the molecule is [CH2]Nc1ccc(Cl)c(Cl)c1Cl. The van der Waals surface area contributed by atoms with Gasteiger partial charge in [-0.2, -0.15) is 0 Å². The van der Waals surface area contributed by atoms with Gasteiger partial charge >= 0.3 is 0 Å². The molecule has 1 rings (SSSR count). The molecule has 0 aromatic heterocycles. The summed E-state index contributed by atoms with van der Waals surface area (Å²) in [5.74, 6) is 0. The Labute approximate surface area is 80.3 Å². The van der Waals surface area contributed by atoms with Crippen LogP contribution in [-0.4, -0.2) is 0 Å². The number of halogens is 3. The van der Waals surface area contributed by atoms with Gasteiger partial charge in [-0.05, 0) is 12.1 Å². The fourth-order valence-corrected chi connectivity index (χ4v) is 1.26. The molecule has 4 heteroatoms. The standard InChI is InChI=1S/C7H5Cl3N/c1-11-5-3-2-4(8)6(9)7(5)10/h2-3,11H,1H2. The molecule has 0 spiro atoms. The molecule has 0 fully saturated rings. The second-order valence-electron chi connectivity index (χ2n) is 1.90. The van der Waals surface area contributed by atoms with E-state index in [-0.39, 0.29) is 0 Å². The number of anilines is 1. The second-order valence-corrected chi connectivity index (χ2v) is 3.06. The predicted octanol–water partition coefficient (Wildman–Crippen LogP) is 3.85. The Hall–Kier alpha value is -0.110. The molecule has 0 saturated heterocycles. The molecule has 0 aliphatic carbocycles. The van der Waals surface area contributed by atoms with Crippen molar-refractivity contribution in [2.24, 2.45) is 0 Å². The number of nitrogens with one attached hydrogen (secondary N) is 1. The molecule has 0 aliphatic rings. The van der Waals surface area contributed by atoms with Gasteiger partial charge in [-0.25, -0.2) is 0 Å². The topological polar surface area (TPSA) is 12.0 Å². The number of hydrogen-bond acceptors (Lipinski definition) is 1. The lowest BCUT2D eigenvalue weighted by Gasteiger charge is -2.04. The van der Waals surface area contributed by atoms with Crippen LogP contribution in [0.25, 0.3) is 0 Å². The average Bonchev–Trinajstić information content (AvgIpc) is 2.01. The summed E-state index contributed by atoms with van der Waals surface area (Å²) in [6.45, 7) is 0.